The molecule has 1 aromatic rings. The van der Waals surface area contributed by atoms with Crippen LogP contribution in [0.2, 0.25) is 0 Å². The topological polar surface area (TPSA) is 21.3 Å². The number of hydrogen-bond donors (Lipinski definition) is 1. The predicted octanol–water partition coefficient (Wildman–Crippen LogP) is 3.14. The zero-order chi connectivity index (χ0) is 11.4. The van der Waals surface area contributed by atoms with E-state index in [-0.39, 0.29) is 0 Å². The van der Waals surface area contributed by atoms with Gasteiger partial charge in [0, 0.05) is 16.9 Å². The van der Waals surface area contributed by atoms with Gasteiger partial charge in [-0.15, -0.1) is 0 Å². The summed E-state index contributed by atoms with van der Waals surface area (Å²) in [5.74, 6) is 1.67. The van der Waals surface area contributed by atoms with E-state index in [1.54, 1.807) is 0 Å². The molecule has 1 aromatic carbocycles. The van der Waals surface area contributed by atoms with Gasteiger partial charge in [0.25, 0.3) is 0 Å². The van der Waals surface area contributed by atoms with Gasteiger partial charge in [-0.05, 0) is 50.1 Å². The molecule has 1 fully saturated rings. The molecule has 1 atom stereocenters. The number of piperidine rings is 1. The lowest BCUT2D eigenvalue weighted by molar-refractivity contribution is 0.217. The van der Waals surface area contributed by atoms with Crippen molar-refractivity contribution in [3.63, 3.8) is 0 Å². The maximum atomic E-state index is 5.87. The summed E-state index contributed by atoms with van der Waals surface area (Å²) >= 11 is 3.46. The van der Waals surface area contributed by atoms with Crippen LogP contribution in [0.3, 0.4) is 0 Å². The van der Waals surface area contributed by atoms with E-state index in [2.05, 4.69) is 34.2 Å². The van der Waals surface area contributed by atoms with Crippen LogP contribution in [-0.2, 0) is 0 Å². The van der Waals surface area contributed by atoms with Gasteiger partial charge in [0.05, 0.1) is 6.61 Å². The quantitative estimate of drug-likeness (QED) is 0.920. The summed E-state index contributed by atoms with van der Waals surface area (Å²) in [6.07, 6.45) is 2.55. The van der Waals surface area contributed by atoms with Crippen LogP contribution < -0.4 is 10.1 Å². The van der Waals surface area contributed by atoms with Crippen molar-refractivity contribution in [1.29, 1.82) is 0 Å². The molecule has 1 saturated heterocycles. The Morgan fingerprint density at radius 3 is 3.06 bits per heavy atom. The molecule has 2 rings (SSSR count). The lowest BCUT2D eigenvalue weighted by Gasteiger charge is -2.23. The molecular weight excluding hydrogens is 266 g/mol. The second kappa shape index (κ2) is 5.69. The van der Waals surface area contributed by atoms with Crippen molar-refractivity contribution in [2.24, 2.45) is 5.92 Å². The van der Waals surface area contributed by atoms with Gasteiger partial charge in [0.15, 0.2) is 0 Å². The SMILES string of the molecule is Cc1cc(Br)ccc1OC[C@H]1CCCNC1. The lowest BCUT2D eigenvalue weighted by Crippen LogP contribution is -2.33. The highest BCUT2D eigenvalue weighted by Gasteiger charge is 2.13. The molecule has 0 aliphatic carbocycles. The molecule has 0 aromatic heterocycles. The molecule has 0 saturated carbocycles. The Morgan fingerprint density at radius 1 is 1.50 bits per heavy atom. The summed E-state index contributed by atoms with van der Waals surface area (Å²) in [4.78, 5) is 0. The first-order chi connectivity index (χ1) is 7.75. The Balaban J connectivity index is 1.88. The minimum Gasteiger partial charge on any atom is -0.493 e. The zero-order valence-corrected chi connectivity index (χ0v) is 11.2. The molecule has 1 aliphatic heterocycles. The fourth-order valence-electron chi connectivity index (χ4n) is 2.05. The number of aryl methyl sites for hydroxylation is 1. The van der Waals surface area contributed by atoms with Crippen molar-refractivity contribution in [2.75, 3.05) is 19.7 Å². The first kappa shape index (κ1) is 11.9. The average Bonchev–Trinajstić information content (AvgIpc) is 2.29. The number of nitrogens with one attached hydrogen (secondary N) is 1. The third-order valence-corrected chi connectivity index (χ3v) is 3.50. The maximum Gasteiger partial charge on any atom is 0.122 e. The van der Waals surface area contributed by atoms with E-state index in [4.69, 9.17) is 4.74 Å². The number of benzene rings is 1. The zero-order valence-electron chi connectivity index (χ0n) is 9.63. The summed E-state index contributed by atoms with van der Waals surface area (Å²) in [5, 5.41) is 3.41. The van der Waals surface area contributed by atoms with Crippen LogP contribution >= 0.6 is 15.9 Å². The first-order valence-corrected chi connectivity index (χ1v) is 6.64. The second-order valence-corrected chi connectivity index (χ2v) is 5.35. The van der Waals surface area contributed by atoms with Gasteiger partial charge in [-0.2, -0.15) is 0 Å². The van der Waals surface area contributed by atoms with Crippen LogP contribution in [0.15, 0.2) is 22.7 Å². The molecule has 1 aliphatic rings. The van der Waals surface area contributed by atoms with E-state index >= 15 is 0 Å². The molecule has 16 heavy (non-hydrogen) atoms. The minimum absolute atomic E-state index is 0.664. The first-order valence-electron chi connectivity index (χ1n) is 5.85. The van der Waals surface area contributed by atoms with Crippen molar-refractivity contribution in [3.05, 3.63) is 28.2 Å². The summed E-state index contributed by atoms with van der Waals surface area (Å²) < 4.78 is 6.98. The van der Waals surface area contributed by atoms with Gasteiger partial charge in [0.2, 0.25) is 0 Å². The highest BCUT2D eigenvalue weighted by molar-refractivity contribution is 9.10. The Morgan fingerprint density at radius 2 is 2.38 bits per heavy atom. The van der Waals surface area contributed by atoms with Gasteiger partial charge in [0.1, 0.15) is 5.75 Å². The fourth-order valence-corrected chi connectivity index (χ4v) is 2.52. The summed E-state index contributed by atoms with van der Waals surface area (Å²) in [6, 6.07) is 6.16. The number of halogens is 1. The van der Waals surface area contributed by atoms with Crippen molar-refractivity contribution >= 4 is 15.9 Å². The lowest BCUT2D eigenvalue weighted by atomic mass is 10.0. The number of hydrogen-bond acceptors (Lipinski definition) is 2. The molecule has 0 radical (unpaired) electrons. The molecule has 3 heteroatoms. The Kier molecular flexibility index (Phi) is 4.24. The van der Waals surface area contributed by atoms with Crippen molar-refractivity contribution in [3.8, 4) is 5.75 Å². The maximum absolute atomic E-state index is 5.87. The van der Waals surface area contributed by atoms with Crippen molar-refractivity contribution in [1.82, 2.24) is 5.32 Å². The number of ether oxygens (including phenoxy) is 1. The average molecular weight is 284 g/mol. The third-order valence-electron chi connectivity index (χ3n) is 3.01. The molecule has 88 valence electrons. The molecule has 0 spiro atoms. The highest BCUT2D eigenvalue weighted by atomic mass is 79.9. The van der Waals surface area contributed by atoms with Crippen molar-refractivity contribution < 1.29 is 4.74 Å². The van der Waals surface area contributed by atoms with Gasteiger partial charge in [-0.25, -0.2) is 0 Å². The molecule has 1 heterocycles. The van der Waals surface area contributed by atoms with Crippen LogP contribution in [0.4, 0.5) is 0 Å². The summed E-state index contributed by atoms with van der Waals surface area (Å²) in [7, 11) is 0. The second-order valence-electron chi connectivity index (χ2n) is 4.43. The van der Waals surface area contributed by atoms with Gasteiger partial charge >= 0.3 is 0 Å². The summed E-state index contributed by atoms with van der Waals surface area (Å²) in [6.45, 7) is 5.16. The Labute approximate surface area is 106 Å². The normalized spacial score (nSPS) is 20.8. The standard InChI is InChI=1S/C13H18BrNO/c1-10-7-12(14)4-5-13(10)16-9-11-3-2-6-15-8-11/h4-5,7,11,15H,2-3,6,8-9H2,1H3/t11-/m0/s1. The van der Waals surface area contributed by atoms with E-state index in [0.717, 1.165) is 29.9 Å². The minimum atomic E-state index is 0.664. The summed E-state index contributed by atoms with van der Waals surface area (Å²) in [5.41, 5.74) is 1.19. The van der Waals surface area contributed by atoms with Gasteiger partial charge < -0.3 is 10.1 Å². The molecule has 0 bridgehead atoms. The van der Waals surface area contributed by atoms with Crippen LogP contribution in [0.5, 0.6) is 5.75 Å². The van der Waals surface area contributed by atoms with E-state index in [1.165, 1.54) is 18.4 Å². The highest BCUT2D eigenvalue weighted by Crippen LogP contribution is 2.23. The number of rotatable bonds is 3. The van der Waals surface area contributed by atoms with Crippen molar-refractivity contribution in [2.45, 2.75) is 19.8 Å². The Hall–Kier alpha value is -0.540. The van der Waals surface area contributed by atoms with Gasteiger partial charge in [-0.1, -0.05) is 15.9 Å². The predicted molar refractivity (Wildman–Crippen MR) is 70.0 cm³/mol. The van der Waals surface area contributed by atoms with E-state index in [9.17, 15) is 0 Å². The van der Waals surface area contributed by atoms with E-state index < -0.39 is 0 Å². The molecule has 2 nitrogen and oxygen atoms in total. The van der Waals surface area contributed by atoms with Crippen LogP contribution in [0, 0.1) is 12.8 Å². The largest absolute Gasteiger partial charge is 0.493 e. The molecule has 0 amide bonds. The Bertz CT molecular complexity index is 348. The monoisotopic (exact) mass is 283 g/mol. The molecule has 0 unspecified atom stereocenters. The van der Waals surface area contributed by atoms with Crippen LogP contribution in [0.25, 0.3) is 0 Å². The third kappa shape index (κ3) is 3.22. The smallest absolute Gasteiger partial charge is 0.122 e. The van der Waals surface area contributed by atoms with E-state index in [0.29, 0.717) is 5.92 Å². The fraction of sp³-hybridized carbons (Fsp3) is 0.538. The molecule has 1 N–H and O–H groups in total. The van der Waals surface area contributed by atoms with Gasteiger partial charge in [-0.3, -0.25) is 0 Å². The van der Waals surface area contributed by atoms with Crippen LogP contribution in [0.1, 0.15) is 18.4 Å². The van der Waals surface area contributed by atoms with E-state index in [1.807, 2.05) is 12.1 Å². The van der Waals surface area contributed by atoms with Crippen LogP contribution in [-0.4, -0.2) is 19.7 Å². The molecular formula is C13H18BrNO.